The number of carbonyl (C=O) groups excluding carboxylic acids is 1. The number of aromatic nitrogens is 1. The van der Waals surface area contributed by atoms with Crippen molar-refractivity contribution < 1.29 is 9.53 Å². The summed E-state index contributed by atoms with van der Waals surface area (Å²) >= 11 is 0. The van der Waals surface area contributed by atoms with E-state index in [2.05, 4.69) is 10.3 Å². The number of amides is 1. The van der Waals surface area contributed by atoms with Crippen molar-refractivity contribution in [3.05, 3.63) is 89.7 Å². The molecule has 2 aromatic carbocycles. The van der Waals surface area contributed by atoms with Crippen LogP contribution in [-0.2, 0) is 4.79 Å². The number of rotatable bonds is 3. The molecule has 1 aromatic heterocycles. The van der Waals surface area contributed by atoms with E-state index in [0.717, 1.165) is 28.2 Å². The molecule has 0 unspecified atom stereocenters. The van der Waals surface area contributed by atoms with Crippen molar-refractivity contribution in [1.29, 1.82) is 0 Å². The van der Waals surface area contributed by atoms with Gasteiger partial charge in [-0.1, -0.05) is 36.4 Å². The van der Waals surface area contributed by atoms with Gasteiger partial charge in [0, 0.05) is 23.5 Å². The minimum Gasteiger partial charge on any atom is -0.457 e. The van der Waals surface area contributed by atoms with Crippen molar-refractivity contribution in [3.63, 3.8) is 0 Å². The lowest BCUT2D eigenvalue weighted by Crippen LogP contribution is -2.33. The third-order valence-corrected chi connectivity index (χ3v) is 4.51. The van der Waals surface area contributed by atoms with Gasteiger partial charge < -0.3 is 10.1 Å². The third kappa shape index (κ3) is 2.87. The number of para-hydroxylation sites is 2. The van der Waals surface area contributed by atoms with Crippen molar-refractivity contribution in [2.24, 2.45) is 0 Å². The van der Waals surface area contributed by atoms with Gasteiger partial charge in [0.25, 0.3) is 0 Å². The highest BCUT2D eigenvalue weighted by Crippen LogP contribution is 2.44. The molecule has 25 heavy (non-hydrogen) atoms. The van der Waals surface area contributed by atoms with Gasteiger partial charge in [0.1, 0.15) is 11.5 Å². The molecule has 4 heteroatoms. The predicted octanol–water partition coefficient (Wildman–Crippen LogP) is 4.20. The van der Waals surface area contributed by atoms with Crippen LogP contribution < -0.4 is 10.1 Å². The molecule has 4 rings (SSSR count). The Kier molecular flexibility index (Phi) is 3.94. The molecular formula is C21H18N2O2. The van der Waals surface area contributed by atoms with Gasteiger partial charge in [-0.2, -0.15) is 0 Å². The summed E-state index contributed by atoms with van der Waals surface area (Å²) in [5.74, 6) is 1.05. The third-order valence-electron chi connectivity index (χ3n) is 4.51. The van der Waals surface area contributed by atoms with Gasteiger partial charge in [-0.15, -0.1) is 0 Å². The Morgan fingerprint density at radius 3 is 2.12 bits per heavy atom. The SMILES string of the molecule is C[C@@H](NC(=O)C1c2ccccc2Oc2ccccc21)c1ccncc1. The Labute approximate surface area is 146 Å². The number of hydrogen-bond donors (Lipinski definition) is 1. The van der Waals surface area contributed by atoms with Crippen molar-refractivity contribution in [3.8, 4) is 11.5 Å². The van der Waals surface area contributed by atoms with Crippen molar-refractivity contribution in [2.45, 2.75) is 18.9 Å². The molecule has 0 radical (unpaired) electrons. The molecule has 1 atom stereocenters. The maximum absolute atomic E-state index is 13.1. The molecule has 0 fully saturated rings. The molecule has 2 heterocycles. The molecule has 3 aromatic rings. The van der Waals surface area contributed by atoms with E-state index in [9.17, 15) is 4.79 Å². The van der Waals surface area contributed by atoms with Crippen LogP contribution >= 0.6 is 0 Å². The minimum atomic E-state index is -0.384. The lowest BCUT2D eigenvalue weighted by Gasteiger charge is -2.28. The van der Waals surface area contributed by atoms with Crippen LogP contribution in [0.4, 0.5) is 0 Å². The number of pyridine rings is 1. The highest BCUT2D eigenvalue weighted by molar-refractivity contribution is 5.89. The minimum absolute atomic E-state index is 0.0347. The van der Waals surface area contributed by atoms with Crippen LogP contribution in [0.1, 0.15) is 35.6 Å². The zero-order valence-corrected chi connectivity index (χ0v) is 13.8. The Morgan fingerprint density at radius 2 is 1.52 bits per heavy atom. The van der Waals surface area contributed by atoms with Crippen LogP contribution in [0.5, 0.6) is 11.5 Å². The largest absolute Gasteiger partial charge is 0.457 e. The first-order valence-corrected chi connectivity index (χ1v) is 8.30. The second kappa shape index (κ2) is 6.40. The maximum atomic E-state index is 13.1. The van der Waals surface area contributed by atoms with Crippen LogP contribution in [-0.4, -0.2) is 10.9 Å². The zero-order chi connectivity index (χ0) is 17.2. The Balaban J connectivity index is 1.68. The molecule has 1 aliphatic rings. The summed E-state index contributed by atoms with van der Waals surface area (Å²) in [5.41, 5.74) is 2.80. The van der Waals surface area contributed by atoms with E-state index in [-0.39, 0.29) is 17.9 Å². The first-order valence-electron chi connectivity index (χ1n) is 8.30. The van der Waals surface area contributed by atoms with E-state index in [1.165, 1.54) is 0 Å². The summed E-state index contributed by atoms with van der Waals surface area (Å²) in [7, 11) is 0. The van der Waals surface area contributed by atoms with Crippen LogP contribution in [0.2, 0.25) is 0 Å². The number of ether oxygens (including phenoxy) is 1. The van der Waals surface area contributed by atoms with Gasteiger partial charge in [-0.25, -0.2) is 0 Å². The monoisotopic (exact) mass is 330 g/mol. The van der Waals surface area contributed by atoms with Gasteiger partial charge in [-0.3, -0.25) is 9.78 Å². The number of benzene rings is 2. The molecule has 1 aliphatic heterocycles. The number of hydrogen-bond acceptors (Lipinski definition) is 3. The fourth-order valence-electron chi connectivity index (χ4n) is 3.22. The van der Waals surface area contributed by atoms with Crippen LogP contribution in [0.15, 0.2) is 73.1 Å². The fraction of sp³-hybridized carbons (Fsp3) is 0.143. The van der Waals surface area contributed by atoms with Gasteiger partial charge in [-0.05, 0) is 36.8 Å². The zero-order valence-electron chi connectivity index (χ0n) is 13.8. The predicted molar refractivity (Wildman–Crippen MR) is 95.6 cm³/mol. The standard InChI is InChI=1S/C21H18N2O2/c1-14(15-10-12-22-13-11-15)23-21(24)20-16-6-2-4-8-18(16)25-19-9-5-3-7-17(19)20/h2-14,20H,1H3,(H,23,24)/t14-/m1/s1. The lowest BCUT2D eigenvalue weighted by atomic mass is 9.87. The number of nitrogens with one attached hydrogen (secondary N) is 1. The van der Waals surface area contributed by atoms with Crippen LogP contribution in [0.3, 0.4) is 0 Å². The Morgan fingerprint density at radius 1 is 0.960 bits per heavy atom. The van der Waals surface area contributed by atoms with Crippen molar-refractivity contribution in [1.82, 2.24) is 10.3 Å². The molecule has 124 valence electrons. The first kappa shape index (κ1) is 15.4. The first-order chi connectivity index (χ1) is 12.2. The van der Waals surface area contributed by atoms with Crippen molar-refractivity contribution in [2.75, 3.05) is 0 Å². The molecule has 1 amide bonds. The Hall–Kier alpha value is -3.14. The van der Waals surface area contributed by atoms with E-state index >= 15 is 0 Å². The molecule has 0 aliphatic carbocycles. The normalized spacial score (nSPS) is 14.0. The highest BCUT2D eigenvalue weighted by atomic mass is 16.5. The van der Waals surface area contributed by atoms with Gasteiger partial charge in [0.15, 0.2) is 0 Å². The fourth-order valence-corrected chi connectivity index (χ4v) is 3.22. The molecule has 0 bridgehead atoms. The smallest absolute Gasteiger partial charge is 0.232 e. The topological polar surface area (TPSA) is 51.2 Å². The summed E-state index contributed by atoms with van der Waals surface area (Å²) in [6, 6.07) is 19.1. The molecule has 0 saturated carbocycles. The van der Waals surface area contributed by atoms with Gasteiger partial charge >= 0.3 is 0 Å². The van der Waals surface area contributed by atoms with Crippen LogP contribution in [0.25, 0.3) is 0 Å². The average molecular weight is 330 g/mol. The van der Waals surface area contributed by atoms with Gasteiger partial charge in [0.2, 0.25) is 5.91 Å². The quantitative estimate of drug-likeness (QED) is 0.783. The average Bonchev–Trinajstić information content (AvgIpc) is 2.66. The van der Waals surface area contributed by atoms with E-state index in [1.807, 2.05) is 67.6 Å². The van der Waals surface area contributed by atoms with Gasteiger partial charge in [0.05, 0.1) is 12.0 Å². The van der Waals surface area contributed by atoms with Crippen LogP contribution in [0, 0.1) is 0 Å². The molecule has 0 spiro atoms. The Bertz CT molecular complexity index is 863. The molecular weight excluding hydrogens is 312 g/mol. The summed E-state index contributed by atoms with van der Waals surface area (Å²) in [6.07, 6.45) is 3.47. The number of nitrogens with zero attached hydrogens (tertiary/aromatic N) is 1. The second-order valence-corrected chi connectivity index (χ2v) is 6.12. The van der Waals surface area contributed by atoms with E-state index in [4.69, 9.17) is 4.74 Å². The summed E-state index contributed by atoms with van der Waals surface area (Å²) in [4.78, 5) is 17.2. The summed E-state index contributed by atoms with van der Waals surface area (Å²) in [5, 5.41) is 3.13. The van der Waals surface area contributed by atoms with E-state index in [0.29, 0.717) is 0 Å². The van der Waals surface area contributed by atoms with E-state index in [1.54, 1.807) is 12.4 Å². The molecule has 0 saturated heterocycles. The summed E-state index contributed by atoms with van der Waals surface area (Å²) in [6.45, 7) is 1.98. The van der Waals surface area contributed by atoms with E-state index < -0.39 is 0 Å². The summed E-state index contributed by atoms with van der Waals surface area (Å²) < 4.78 is 5.96. The molecule has 4 nitrogen and oxygen atoms in total. The van der Waals surface area contributed by atoms with Crippen molar-refractivity contribution >= 4 is 5.91 Å². The second-order valence-electron chi connectivity index (χ2n) is 6.12. The highest BCUT2D eigenvalue weighted by Gasteiger charge is 2.32. The number of carbonyl (C=O) groups is 1. The number of fused-ring (bicyclic) bond motifs is 2. The lowest BCUT2D eigenvalue weighted by molar-refractivity contribution is -0.122. The maximum Gasteiger partial charge on any atom is 0.232 e. The molecule has 1 N–H and O–H groups in total.